The Morgan fingerprint density at radius 1 is 1.33 bits per heavy atom. The van der Waals surface area contributed by atoms with Gasteiger partial charge in [-0.3, -0.25) is 4.79 Å². The topological polar surface area (TPSA) is 66.8 Å². The molecule has 0 radical (unpaired) electrons. The van der Waals surface area contributed by atoms with Crippen LogP contribution < -0.4 is 0 Å². The zero-order chi connectivity index (χ0) is 14.0. The Balaban J connectivity index is 2.65. The molecule has 0 aromatic rings. The maximum atomic E-state index is 12.0. The van der Waals surface area contributed by atoms with Gasteiger partial charge in [0, 0.05) is 13.1 Å². The van der Waals surface area contributed by atoms with Gasteiger partial charge >= 0.3 is 12.1 Å². The van der Waals surface area contributed by atoms with Crippen LogP contribution in [-0.2, 0) is 9.53 Å². The third-order valence-electron chi connectivity index (χ3n) is 2.95. The second-order valence-corrected chi connectivity index (χ2v) is 5.99. The Hall–Kier alpha value is -1.26. The van der Waals surface area contributed by atoms with Crippen molar-refractivity contribution in [1.29, 1.82) is 0 Å². The minimum absolute atomic E-state index is 0.255. The fourth-order valence-electron chi connectivity index (χ4n) is 1.79. The van der Waals surface area contributed by atoms with Gasteiger partial charge < -0.3 is 14.7 Å². The van der Waals surface area contributed by atoms with Gasteiger partial charge in [-0.15, -0.1) is 0 Å². The molecule has 104 valence electrons. The van der Waals surface area contributed by atoms with Crippen molar-refractivity contribution in [3.05, 3.63) is 0 Å². The molecule has 0 aliphatic heterocycles. The van der Waals surface area contributed by atoms with Crippen LogP contribution in [-0.4, -0.2) is 40.8 Å². The number of nitrogens with zero attached hydrogens (tertiary/aromatic N) is 1. The quantitative estimate of drug-likeness (QED) is 0.821. The number of hydrogen-bond donors (Lipinski definition) is 1. The Labute approximate surface area is 108 Å². The molecule has 5 heteroatoms. The van der Waals surface area contributed by atoms with Crippen LogP contribution in [0.2, 0.25) is 0 Å². The molecule has 0 spiro atoms. The van der Waals surface area contributed by atoms with E-state index in [0.717, 1.165) is 6.42 Å². The van der Waals surface area contributed by atoms with Crippen LogP contribution in [0.3, 0.4) is 0 Å². The third-order valence-corrected chi connectivity index (χ3v) is 2.95. The lowest BCUT2D eigenvalue weighted by atomic mass is 10.1. The number of rotatable bonds is 5. The maximum absolute atomic E-state index is 12.0. The standard InChI is InChI=1S/C13H23NO4/c1-5-8-14(11(17)18-12(2,3)4)9-13(6-7-13)10(15)16/h5-9H2,1-4H3,(H,15,16). The summed E-state index contributed by atoms with van der Waals surface area (Å²) in [5, 5.41) is 9.16. The lowest BCUT2D eigenvalue weighted by Crippen LogP contribution is -2.42. The van der Waals surface area contributed by atoms with Gasteiger partial charge in [-0.1, -0.05) is 6.92 Å². The van der Waals surface area contributed by atoms with Crippen molar-refractivity contribution in [2.24, 2.45) is 5.41 Å². The number of ether oxygens (including phenoxy) is 1. The molecule has 0 aromatic heterocycles. The zero-order valence-electron chi connectivity index (χ0n) is 11.7. The summed E-state index contributed by atoms with van der Waals surface area (Å²) in [5.74, 6) is -0.813. The first kappa shape index (κ1) is 14.8. The molecule has 1 saturated carbocycles. The second-order valence-electron chi connectivity index (χ2n) is 5.99. The first-order valence-electron chi connectivity index (χ1n) is 6.41. The molecule has 0 heterocycles. The van der Waals surface area contributed by atoms with Crippen molar-refractivity contribution in [3.8, 4) is 0 Å². The molecule has 18 heavy (non-hydrogen) atoms. The van der Waals surface area contributed by atoms with Gasteiger partial charge in [-0.25, -0.2) is 4.79 Å². The van der Waals surface area contributed by atoms with Crippen molar-refractivity contribution >= 4 is 12.1 Å². The van der Waals surface area contributed by atoms with Crippen LogP contribution in [0.15, 0.2) is 0 Å². The first-order chi connectivity index (χ1) is 8.20. The van der Waals surface area contributed by atoms with Crippen molar-refractivity contribution in [2.45, 2.75) is 52.6 Å². The highest BCUT2D eigenvalue weighted by Gasteiger charge is 2.52. The average molecular weight is 257 g/mol. The van der Waals surface area contributed by atoms with Gasteiger partial charge in [-0.2, -0.15) is 0 Å². The van der Waals surface area contributed by atoms with Crippen LogP contribution in [0.25, 0.3) is 0 Å². The number of carboxylic acids is 1. The zero-order valence-corrected chi connectivity index (χ0v) is 11.7. The van der Waals surface area contributed by atoms with E-state index in [4.69, 9.17) is 9.84 Å². The van der Waals surface area contributed by atoms with Gasteiger partial charge in [0.25, 0.3) is 0 Å². The maximum Gasteiger partial charge on any atom is 0.410 e. The molecule has 0 bridgehead atoms. The second kappa shape index (κ2) is 5.16. The van der Waals surface area contributed by atoms with Crippen molar-refractivity contribution < 1.29 is 19.4 Å². The third kappa shape index (κ3) is 3.89. The summed E-state index contributed by atoms with van der Waals surface area (Å²) in [5.41, 5.74) is -1.28. The Kier molecular flexibility index (Phi) is 4.24. The summed E-state index contributed by atoms with van der Waals surface area (Å²) in [6.07, 6.45) is 1.66. The van der Waals surface area contributed by atoms with Crippen LogP contribution in [0, 0.1) is 5.41 Å². The largest absolute Gasteiger partial charge is 0.481 e. The minimum Gasteiger partial charge on any atom is -0.481 e. The molecule has 0 aromatic carbocycles. The average Bonchev–Trinajstić information content (AvgIpc) is 2.95. The van der Waals surface area contributed by atoms with Gasteiger partial charge in [0.1, 0.15) is 5.60 Å². The molecule has 1 amide bonds. The number of carbonyl (C=O) groups excluding carboxylic acids is 1. The van der Waals surface area contributed by atoms with Crippen LogP contribution in [0.1, 0.15) is 47.0 Å². The highest BCUT2D eigenvalue weighted by atomic mass is 16.6. The summed E-state index contributed by atoms with van der Waals surface area (Å²) in [6.45, 7) is 8.16. The van der Waals surface area contributed by atoms with Crippen molar-refractivity contribution in [3.63, 3.8) is 0 Å². The summed E-state index contributed by atoms with van der Waals surface area (Å²) in [4.78, 5) is 24.7. The monoisotopic (exact) mass is 257 g/mol. The van der Waals surface area contributed by atoms with E-state index < -0.39 is 23.1 Å². The molecule has 0 saturated heterocycles. The van der Waals surface area contributed by atoms with E-state index in [1.165, 1.54) is 4.90 Å². The summed E-state index contributed by atoms with van der Waals surface area (Å²) in [6, 6.07) is 0. The SMILES string of the molecule is CCCN(CC1(C(=O)O)CC1)C(=O)OC(C)(C)C. The lowest BCUT2D eigenvalue weighted by Gasteiger charge is -2.29. The predicted molar refractivity (Wildman–Crippen MR) is 67.4 cm³/mol. The smallest absolute Gasteiger partial charge is 0.410 e. The first-order valence-corrected chi connectivity index (χ1v) is 6.41. The fraction of sp³-hybridized carbons (Fsp3) is 0.846. The van der Waals surface area contributed by atoms with Gasteiger partial charge in [-0.05, 0) is 40.0 Å². The van der Waals surface area contributed by atoms with Crippen molar-refractivity contribution in [1.82, 2.24) is 4.90 Å². The molecule has 1 rings (SSSR count). The molecular weight excluding hydrogens is 234 g/mol. The summed E-state index contributed by atoms with van der Waals surface area (Å²) in [7, 11) is 0. The highest BCUT2D eigenvalue weighted by Crippen LogP contribution is 2.46. The molecule has 5 nitrogen and oxygen atoms in total. The number of carbonyl (C=O) groups is 2. The molecule has 1 fully saturated rings. The Morgan fingerprint density at radius 3 is 2.22 bits per heavy atom. The number of hydrogen-bond acceptors (Lipinski definition) is 3. The lowest BCUT2D eigenvalue weighted by molar-refractivity contribution is -0.144. The normalized spacial score (nSPS) is 17.1. The van der Waals surface area contributed by atoms with Gasteiger partial charge in [0.2, 0.25) is 0 Å². The van der Waals surface area contributed by atoms with Crippen LogP contribution in [0.5, 0.6) is 0 Å². The van der Waals surface area contributed by atoms with E-state index in [-0.39, 0.29) is 6.54 Å². The molecule has 0 unspecified atom stereocenters. The highest BCUT2D eigenvalue weighted by molar-refractivity contribution is 5.79. The molecule has 1 N–H and O–H groups in total. The summed E-state index contributed by atoms with van der Waals surface area (Å²) >= 11 is 0. The van der Waals surface area contributed by atoms with E-state index in [0.29, 0.717) is 19.4 Å². The fourth-order valence-corrected chi connectivity index (χ4v) is 1.79. The molecule has 1 aliphatic rings. The summed E-state index contributed by atoms with van der Waals surface area (Å²) < 4.78 is 5.30. The number of aliphatic carboxylic acids is 1. The minimum atomic E-state index is -0.813. The van der Waals surface area contributed by atoms with Crippen LogP contribution in [0.4, 0.5) is 4.79 Å². The van der Waals surface area contributed by atoms with Gasteiger partial charge in [0.15, 0.2) is 0 Å². The Bertz CT molecular complexity index is 328. The van der Waals surface area contributed by atoms with E-state index in [1.54, 1.807) is 20.8 Å². The van der Waals surface area contributed by atoms with Crippen molar-refractivity contribution in [2.75, 3.05) is 13.1 Å². The molecular formula is C13H23NO4. The van der Waals surface area contributed by atoms with Gasteiger partial charge in [0.05, 0.1) is 5.41 Å². The van der Waals surface area contributed by atoms with Crippen LogP contribution >= 0.6 is 0 Å². The van der Waals surface area contributed by atoms with E-state index in [2.05, 4.69) is 0 Å². The predicted octanol–water partition coefficient (Wildman–Crippen LogP) is 2.50. The van der Waals surface area contributed by atoms with E-state index >= 15 is 0 Å². The Morgan fingerprint density at radius 2 is 1.89 bits per heavy atom. The van der Waals surface area contributed by atoms with E-state index in [1.807, 2.05) is 6.92 Å². The number of carboxylic acid groups (broad SMARTS) is 1. The molecule has 1 aliphatic carbocycles. The number of amides is 1. The van der Waals surface area contributed by atoms with E-state index in [9.17, 15) is 9.59 Å². The molecule has 0 atom stereocenters.